The lowest BCUT2D eigenvalue weighted by atomic mass is 10.0. The number of aliphatic hydroxyl groups excluding tert-OH is 1. The fourth-order valence-electron chi connectivity index (χ4n) is 5.85. The third kappa shape index (κ3) is 38.2. The van der Waals surface area contributed by atoms with Crippen molar-refractivity contribution < 1.29 is 28.4 Å². The lowest BCUT2D eigenvalue weighted by molar-refractivity contribution is -0.122. The molecule has 0 spiro atoms. The standard InChI is InChI=1S/C45H81N2O6P/c1-3-5-7-9-11-13-15-17-19-20-21-22-23-25-26-28-30-32-34-36-38-44(48)43(42-53-54(50,51)52-41-40-46)47-45(49)39-37-35-33-31-29-27-24-18-16-14-12-10-8-6-4-2/h6,8,12,14,18,24,29,31,35-38,43-44,48H,3-5,7,9-11,13,15-17,19-23,25-28,30,32-34,39-42,46H2,1-2H3,(H,47,49)(H,50,51)/b8-6-,14-12-,24-18-,31-29-,37-35-,38-36+. The molecule has 0 bridgehead atoms. The van der Waals surface area contributed by atoms with E-state index in [0.717, 1.165) is 44.9 Å². The van der Waals surface area contributed by atoms with Crippen LogP contribution in [0.1, 0.15) is 174 Å². The lowest BCUT2D eigenvalue weighted by Crippen LogP contribution is -2.45. The quantitative estimate of drug-likeness (QED) is 0.0278. The van der Waals surface area contributed by atoms with E-state index in [9.17, 15) is 19.4 Å². The Morgan fingerprint density at radius 2 is 1.06 bits per heavy atom. The molecule has 0 aromatic rings. The van der Waals surface area contributed by atoms with Gasteiger partial charge in [-0.1, -0.05) is 196 Å². The maximum atomic E-state index is 12.7. The van der Waals surface area contributed by atoms with Gasteiger partial charge in [-0.05, 0) is 44.9 Å². The molecule has 3 atom stereocenters. The van der Waals surface area contributed by atoms with Gasteiger partial charge in [0.15, 0.2) is 0 Å². The highest BCUT2D eigenvalue weighted by molar-refractivity contribution is 7.47. The van der Waals surface area contributed by atoms with Crippen LogP contribution < -0.4 is 11.1 Å². The van der Waals surface area contributed by atoms with Crippen molar-refractivity contribution in [3.05, 3.63) is 72.9 Å². The number of nitrogens with two attached hydrogens (primary N) is 1. The number of aliphatic hydroxyl groups is 1. The Kier molecular flexibility index (Phi) is 39.0. The average Bonchev–Trinajstić information content (AvgIpc) is 3.16. The van der Waals surface area contributed by atoms with E-state index in [4.69, 9.17) is 14.8 Å². The van der Waals surface area contributed by atoms with Crippen LogP contribution in [0.2, 0.25) is 0 Å². The summed E-state index contributed by atoms with van der Waals surface area (Å²) in [4.78, 5) is 22.6. The van der Waals surface area contributed by atoms with Crippen LogP contribution in [0, 0.1) is 0 Å². The summed E-state index contributed by atoms with van der Waals surface area (Å²) >= 11 is 0. The first-order valence-corrected chi connectivity index (χ1v) is 23.1. The number of hydrogen-bond donors (Lipinski definition) is 4. The van der Waals surface area contributed by atoms with E-state index in [0.29, 0.717) is 6.42 Å². The zero-order chi connectivity index (χ0) is 39.6. The van der Waals surface area contributed by atoms with Gasteiger partial charge in [-0.3, -0.25) is 13.8 Å². The minimum Gasteiger partial charge on any atom is -0.387 e. The second-order valence-corrected chi connectivity index (χ2v) is 15.6. The fraction of sp³-hybridized carbons (Fsp3) is 0.711. The number of amides is 1. The number of nitrogens with one attached hydrogen (secondary N) is 1. The smallest absolute Gasteiger partial charge is 0.387 e. The maximum Gasteiger partial charge on any atom is 0.472 e. The van der Waals surface area contributed by atoms with Crippen molar-refractivity contribution in [2.75, 3.05) is 19.8 Å². The van der Waals surface area contributed by atoms with Gasteiger partial charge in [0.05, 0.1) is 25.4 Å². The van der Waals surface area contributed by atoms with Gasteiger partial charge < -0.3 is 21.1 Å². The SMILES string of the molecule is CC/C=C\C/C=C\C/C=C\C/C=C\C/C=C\CC(=O)NC(COP(=O)(O)OCCN)C(O)/C=C/CCCCCCCCCCCCCCCCCCCC. The largest absolute Gasteiger partial charge is 0.472 e. The first-order chi connectivity index (χ1) is 26.4. The topological polar surface area (TPSA) is 131 Å². The van der Waals surface area contributed by atoms with Crippen LogP contribution in [-0.4, -0.2) is 47.8 Å². The van der Waals surface area contributed by atoms with Crippen molar-refractivity contribution >= 4 is 13.7 Å². The first-order valence-electron chi connectivity index (χ1n) is 21.6. The van der Waals surface area contributed by atoms with E-state index >= 15 is 0 Å². The van der Waals surface area contributed by atoms with Gasteiger partial charge in [-0.25, -0.2) is 4.57 Å². The molecule has 0 aliphatic rings. The molecule has 0 aromatic heterocycles. The van der Waals surface area contributed by atoms with Crippen LogP contribution in [0.4, 0.5) is 0 Å². The van der Waals surface area contributed by atoms with Gasteiger partial charge >= 0.3 is 7.82 Å². The normalized spacial score (nSPS) is 14.8. The second-order valence-electron chi connectivity index (χ2n) is 14.2. The van der Waals surface area contributed by atoms with E-state index in [1.54, 1.807) is 12.2 Å². The molecular formula is C45H81N2O6P. The second kappa shape index (κ2) is 40.6. The molecule has 8 nitrogen and oxygen atoms in total. The van der Waals surface area contributed by atoms with Crippen molar-refractivity contribution in [3.63, 3.8) is 0 Å². The summed E-state index contributed by atoms with van der Waals surface area (Å²) in [5.74, 6) is -0.323. The monoisotopic (exact) mass is 777 g/mol. The Morgan fingerprint density at radius 1 is 0.630 bits per heavy atom. The number of carbonyl (C=O) groups excluding carboxylic acids is 1. The van der Waals surface area contributed by atoms with Gasteiger partial charge in [0.25, 0.3) is 0 Å². The highest BCUT2D eigenvalue weighted by Gasteiger charge is 2.26. The van der Waals surface area contributed by atoms with Gasteiger partial charge in [0.1, 0.15) is 0 Å². The number of carbonyl (C=O) groups is 1. The number of phosphoric acid groups is 1. The minimum absolute atomic E-state index is 0.0616. The zero-order valence-electron chi connectivity index (χ0n) is 34.4. The molecule has 1 amide bonds. The van der Waals surface area contributed by atoms with Crippen LogP contribution in [0.5, 0.6) is 0 Å². The highest BCUT2D eigenvalue weighted by Crippen LogP contribution is 2.43. The average molecular weight is 777 g/mol. The molecule has 0 aromatic carbocycles. The minimum atomic E-state index is -4.37. The Morgan fingerprint density at radius 3 is 1.50 bits per heavy atom. The van der Waals surface area contributed by atoms with Crippen LogP contribution in [0.25, 0.3) is 0 Å². The summed E-state index contributed by atoms with van der Waals surface area (Å²) in [7, 11) is -4.37. The zero-order valence-corrected chi connectivity index (χ0v) is 35.3. The number of hydrogen-bond acceptors (Lipinski definition) is 6. The molecule has 5 N–H and O–H groups in total. The lowest BCUT2D eigenvalue weighted by Gasteiger charge is -2.23. The fourth-order valence-corrected chi connectivity index (χ4v) is 6.61. The summed E-state index contributed by atoms with van der Waals surface area (Å²) in [6, 6.07) is -0.918. The molecule has 0 saturated heterocycles. The Hall–Kier alpha value is -2.06. The van der Waals surface area contributed by atoms with Gasteiger partial charge in [-0.15, -0.1) is 0 Å². The Balaban J connectivity index is 4.34. The maximum absolute atomic E-state index is 12.7. The van der Waals surface area contributed by atoms with Crippen molar-refractivity contribution in [3.8, 4) is 0 Å². The predicted octanol–water partition coefficient (Wildman–Crippen LogP) is 12.1. The summed E-state index contributed by atoms with van der Waals surface area (Å²) in [6.45, 7) is 3.94. The molecule has 0 radical (unpaired) electrons. The highest BCUT2D eigenvalue weighted by atomic mass is 31.2. The molecule has 0 heterocycles. The summed E-state index contributed by atoms with van der Waals surface area (Å²) in [5.41, 5.74) is 5.36. The van der Waals surface area contributed by atoms with Crippen LogP contribution in [-0.2, 0) is 18.4 Å². The van der Waals surface area contributed by atoms with E-state index in [1.165, 1.54) is 103 Å². The molecule has 312 valence electrons. The Labute approximate surface area is 331 Å². The molecule has 9 heteroatoms. The first kappa shape index (κ1) is 51.9. The van der Waals surface area contributed by atoms with Gasteiger partial charge in [-0.2, -0.15) is 0 Å². The summed E-state index contributed by atoms with van der Waals surface area (Å²) < 4.78 is 22.1. The van der Waals surface area contributed by atoms with Crippen molar-refractivity contribution in [1.82, 2.24) is 5.32 Å². The van der Waals surface area contributed by atoms with Crippen molar-refractivity contribution in [1.29, 1.82) is 0 Å². The van der Waals surface area contributed by atoms with Crippen LogP contribution >= 0.6 is 7.82 Å². The molecule has 54 heavy (non-hydrogen) atoms. The number of phosphoric ester groups is 1. The molecular weight excluding hydrogens is 695 g/mol. The summed E-state index contributed by atoms with van der Waals surface area (Å²) in [6.07, 6.45) is 52.7. The Bertz CT molecular complexity index is 1070. The van der Waals surface area contributed by atoms with E-state index in [2.05, 4.69) is 67.8 Å². The number of rotatable bonds is 39. The number of allylic oxidation sites excluding steroid dienone is 10. The van der Waals surface area contributed by atoms with Crippen molar-refractivity contribution in [2.24, 2.45) is 5.73 Å². The predicted molar refractivity (Wildman–Crippen MR) is 230 cm³/mol. The van der Waals surface area contributed by atoms with E-state index < -0.39 is 20.0 Å². The van der Waals surface area contributed by atoms with Crippen LogP contribution in [0.15, 0.2) is 72.9 Å². The van der Waals surface area contributed by atoms with Gasteiger partial charge in [0.2, 0.25) is 5.91 Å². The summed E-state index contributed by atoms with van der Waals surface area (Å²) in [5, 5.41) is 13.6. The van der Waals surface area contributed by atoms with E-state index in [-0.39, 0.29) is 32.1 Å². The molecule has 0 saturated carbocycles. The van der Waals surface area contributed by atoms with Gasteiger partial charge in [0, 0.05) is 13.0 Å². The van der Waals surface area contributed by atoms with Crippen molar-refractivity contribution in [2.45, 2.75) is 187 Å². The molecule has 0 rings (SSSR count). The third-order valence-corrected chi connectivity index (χ3v) is 10.1. The molecule has 0 aliphatic heterocycles. The van der Waals surface area contributed by atoms with E-state index in [1.807, 2.05) is 12.2 Å². The third-order valence-electron chi connectivity index (χ3n) is 9.07. The van der Waals surface area contributed by atoms with Crippen LogP contribution in [0.3, 0.4) is 0 Å². The molecule has 0 fully saturated rings. The molecule has 0 aliphatic carbocycles. The number of unbranched alkanes of at least 4 members (excludes halogenated alkanes) is 18. The molecule has 3 unspecified atom stereocenters.